The fourth-order valence-electron chi connectivity index (χ4n) is 1.04. The van der Waals surface area contributed by atoms with Crippen molar-refractivity contribution in [2.24, 2.45) is 0 Å². The van der Waals surface area contributed by atoms with Crippen molar-refractivity contribution in [3.8, 4) is 11.5 Å². The van der Waals surface area contributed by atoms with Crippen LogP contribution >= 0.6 is 15.9 Å². The number of aromatic amines is 1. The summed E-state index contributed by atoms with van der Waals surface area (Å²) in [4.78, 5) is 12.2. The van der Waals surface area contributed by atoms with E-state index in [0.717, 1.165) is 16.7 Å². The predicted octanol–water partition coefficient (Wildman–Crippen LogP) is 1.59. The molecule has 6 heteroatoms. The molecule has 0 spiro atoms. The van der Waals surface area contributed by atoms with Crippen LogP contribution in [0.2, 0.25) is 0 Å². The smallest absolute Gasteiger partial charge is 0.201 e. The molecule has 5 nitrogen and oxygen atoms in total. The minimum Gasteiger partial charge on any atom is -0.263 e. The van der Waals surface area contributed by atoms with E-state index in [1.54, 1.807) is 6.20 Å². The van der Waals surface area contributed by atoms with E-state index >= 15 is 0 Å². The molecule has 0 fully saturated rings. The SMILES string of the molecule is CCc1nc(-c2ncncc2Br)n[nH]1. The molecule has 0 saturated heterocycles. The van der Waals surface area contributed by atoms with Crippen molar-refractivity contribution in [2.75, 3.05) is 0 Å². The highest BCUT2D eigenvalue weighted by atomic mass is 79.9. The molecule has 0 aliphatic carbocycles. The van der Waals surface area contributed by atoms with Crippen molar-refractivity contribution in [3.05, 3.63) is 22.8 Å². The molecule has 0 aliphatic rings. The van der Waals surface area contributed by atoms with Crippen molar-refractivity contribution in [1.82, 2.24) is 25.1 Å². The molecule has 0 bridgehead atoms. The van der Waals surface area contributed by atoms with Crippen molar-refractivity contribution in [1.29, 1.82) is 0 Å². The third-order valence-corrected chi connectivity index (χ3v) is 2.33. The Morgan fingerprint density at radius 2 is 2.36 bits per heavy atom. The van der Waals surface area contributed by atoms with Crippen LogP contribution in [0.15, 0.2) is 17.0 Å². The Morgan fingerprint density at radius 3 is 3.00 bits per heavy atom. The molecule has 0 amide bonds. The monoisotopic (exact) mass is 253 g/mol. The van der Waals surface area contributed by atoms with E-state index in [-0.39, 0.29) is 0 Å². The predicted molar refractivity (Wildman–Crippen MR) is 54.5 cm³/mol. The maximum Gasteiger partial charge on any atom is 0.201 e. The van der Waals surface area contributed by atoms with Crippen molar-refractivity contribution in [3.63, 3.8) is 0 Å². The van der Waals surface area contributed by atoms with Crippen molar-refractivity contribution >= 4 is 15.9 Å². The van der Waals surface area contributed by atoms with Gasteiger partial charge < -0.3 is 0 Å². The molecule has 2 aromatic rings. The van der Waals surface area contributed by atoms with E-state index in [9.17, 15) is 0 Å². The summed E-state index contributed by atoms with van der Waals surface area (Å²) in [5.41, 5.74) is 0.705. The highest BCUT2D eigenvalue weighted by Crippen LogP contribution is 2.21. The number of rotatable bonds is 2. The van der Waals surface area contributed by atoms with Crippen LogP contribution in [0.5, 0.6) is 0 Å². The average molecular weight is 254 g/mol. The van der Waals surface area contributed by atoms with Crippen LogP contribution in [0.1, 0.15) is 12.7 Å². The second-order valence-corrected chi connectivity index (χ2v) is 3.53. The van der Waals surface area contributed by atoms with Gasteiger partial charge in [0.25, 0.3) is 0 Å². The molecular weight excluding hydrogens is 246 g/mol. The molecule has 2 aromatic heterocycles. The molecule has 0 aromatic carbocycles. The zero-order valence-corrected chi connectivity index (χ0v) is 9.11. The fraction of sp³-hybridized carbons (Fsp3) is 0.250. The Hall–Kier alpha value is -1.30. The van der Waals surface area contributed by atoms with Gasteiger partial charge in [0.05, 0.1) is 4.47 Å². The van der Waals surface area contributed by atoms with Crippen LogP contribution in [0.4, 0.5) is 0 Å². The summed E-state index contributed by atoms with van der Waals surface area (Å²) >= 11 is 3.35. The maximum atomic E-state index is 4.27. The number of halogens is 1. The zero-order valence-electron chi connectivity index (χ0n) is 7.53. The summed E-state index contributed by atoms with van der Waals surface area (Å²) in [7, 11) is 0. The van der Waals surface area contributed by atoms with Gasteiger partial charge in [-0.1, -0.05) is 6.92 Å². The minimum absolute atomic E-state index is 0.594. The average Bonchev–Trinajstić information content (AvgIpc) is 2.67. The fourth-order valence-corrected chi connectivity index (χ4v) is 1.43. The second-order valence-electron chi connectivity index (χ2n) is 2.68. The molecule has 2 heterocycles. The molecule has 0 radical (unpaired) electrons. The minimum atomic E-state index is 0.594. The normalized spacial score (nSPS) is 10.4. The second kappa shape index (κ2) is 3.83. The van der Waals surface area contributed by atoms with Gasteiger partial charge in [-0.15, -0.1) is 0 Å². The molecule has 2 rings (SSSR count). The van der Waals surface area contributed by atoms with Crippen molar-refractivity contribution < 1.29 is 0 Å². The molecule has 0 saturated carbocycles. The third kappa shape index (κ3) is 1.65. The van der Waals surface area contributed by atoms with Crippen LogP contribution in [0.3, 0.4) is 0 Å². The number of aromatic nitrogens is 5. The van der Waals surface area contributed by atoms with E-state index in [0.29, 0.717) is 11.5 Å². The lowest BCUT2D eigenvalue weighted by atomic mass is 10.4. The Morgan fingerprint density at radius 1 is 1.50 bits per heavy atom. The lowest BCUT2D eigenvalue weighted by Gasteiger charge is -1.95. The van der Waals surface area contributed by atoms with Crippen molar-refractivity contribution in [2.45, 2.75) is 13.3 Å². The lowest BCUT2D eigenvalue weighted by Crippen LogP contribution is -1.88. The van der Waals surface area contributed by atoms with Gasteiger partial charge in [0.15, 0.2) is 0 Å². The standard InChI is InChI=1S/C8H8BrN5/c1-2-6-12-8(14-13-6)7-5(9)3-10-4-11-7/h3-4H,2H2,1H3,(H,12,13,14). The lowest BCUT2D eigenvalue weighted by molar-refractivity contribution is 0.946. The highest BCUT2D eigenvalue weighted by molar-refractivity contribution is 9.10. The first-order valence-electron chi connectivity index (χ1n) is 4.18. The van der Waals surface area contributed by atoms with Gasteiger partial charge in [0.1, 0.15) is 17.8 Å². The van der Waals surface area contributed by atoms with Crippen LogP contribution in [0.25, 0.3) is 11.5 Å². The van der Waals surface area contributed by atoms with E-state index in [1.165, 1.54) is 6.33 Å². The molecular formula is C8H8BrN5. The van der Waals surface area contributed by atoms with Gasteiger partial charge in [0.2, 0.25) is 5.82 Å². The van der Waals surface area contributed by atoms with Gasteiger partial charge in [-0.2, -0.15) is 5.10 Å². The van der Waals surface area contributed by atoms with Gasteiger partial charge in [-0.3, -0.25) is 5.10 Å². The number of hydrogen-bond donors (Lipinski definition) is 1. The van der Waals surface area contributed by atoms with Crippen LogP contribution in [-0.4, -0.2) is 25.1 Å². The van der Waals surface area contributed by atoms with Gasteiger partial charge in [0, 0.05) is 12.6 Å². The Balaban J connectivity index is 2.44. The summed E-state index contributed by atoms with van der Waals surface area (Å²) in [6.07, 6.45) is 3.97. The Bertz CT molecular complexity index is 439. The first-order chi connectivity index (χ1) is 6.81. The van der Waals surface area contributed by atoms with Crippen LogP contribution in [-0.2, 0) is 6.42 Å². The summed E-state index contributed by atoms with van der Waals surface area (Å²) in [5.74, 6) is 1.45. The van der Waals surface area contributed by atoms with E-state index in [2.05, 4.69) is 41.1 Å². The summed E-state index contributed by atoms with van der Waals surface area (Å²) in [5, 5.41) is 6.90. The van der Waals surface area contributed by atoms with E-state index in [1.807, 2.05) is 6.92 Å². The number of nitrogens with one attached hydrogen (secondary N) is 1. The molecule has 0 atom stereocenters. The first kappa shape index (κ1) is 9.26. The molecule has 14 heavy (non-hydrogen) atoms. The zero-order chi connectivity index (χ0) is 9.97. The summed E-state index contributed by atoms with van der Waals surface area (Å²) in [6, 6.07) is 0. The number of H-pyrrole nitrogens is 1. The third-order valence-electron chi connectivity index (χ3n) is 1.75. The Kier molecular flexibility index (Phi) is 2.53. The number of nitrogens with zero attached hydrogens (tertiary/aromatic N) is 4. The Labute approximate surface area is 89.1 Å². The molecule has 72 valence electrons. The molecule has 0 aliphatic heterocycles. The van der Waals surface area contributed by atoms with Gasteiger partial charge >= 0.3 is 0 Å². The van der Waals surface area contributed by atoms with E-state index < -0.39 is 0 Å². The first-order valence-corrected chi connectivity index (χ1v) is 4.97. The molecule has 0 unspecified atom stereocenters. The molecule has 1 N–H and O–H groups in total. The topological polar surface area (TPSA) is 67.3 Å². The van der Waals surface area contributed by atoms with Crippen LogP contribution < -0.4 is 0 Å². The van der Waals surface area contributed by atoms with Gasteiger partial charge in [-0.05, 0) is 15.9 Å². The maximum absolute atomic E-state index is 4.27. The summed E-state index contributed by atoms with van der Waals surface area (Å²) < 4.78 is 0.793. The van der Waals surface area contributed by atoms with E-state index in [4.69, 9.17) is 0 Å². The summed E-state index contributed by atoms with van der Waals surface area (Å²) in [6.45, 7) is 2.01. The number of hydrogen-bond acceptors (Lipinski definition) is 4. The van der Waals surface area contributed by atoms with Gasteiger partial charge in [-0.25, -0.2) is 15.0 Å². The van der Waals surface area contributed by atoms with Crippen LogP contribution in [0, 0.1) is 0 Å². The largest absolute Gasteiger partial charge is 0.263 e. The quantitative estimate of drug-likeness (QED) is 0.883. The highest BCUT2D eigenvalue weighted by Gasteiger charge is 2.09. The number of aryl methyl sites for hydroxylation is 1.